The smallest absolute Gasteiger partial charge is 0.133 e. The fraction of sp³-hybridized carbons (Fsp3) is 0.412. The molecule has 0 saturated carbocycles. The maximum atomic E-state index is 5.02. The van der Waals surface area contributed by atoms with Gasteiger partial charge in [-0.1, -0.05) is 24.3 Å². The normalized spacial score (nSPS) is 10.8. The Balaban J connectivity index is 2.06. The number of methoxy groups -OCH3 is 1. The van der Waals surface area contributed by atoms with Crippen molar-refractivity contribution in [2.75, 3.05) is 20.3 Å². The van der Waals surface area contributed by atoms with Gasteiger partial charge in [0.2, 0.25) is 0 Å². The molecule has 0 unspecified atom stereocenters. The van der Waals surface area contributed by atoms with Crippen molar-refractivity contribution in [1.82, 2.24) is 15.3 Å². The zero-order chi connectivity index (χ0) is 15.1. The summed E-state index contributed by atoms with van der Waals surface area (Å²) in [6.45, 7) is 6.42. The van der Waals surface area contributed by atoms with Gasteiger partial charge in [0.05, 0.1) is 12.3 Å². The Bertz CT molecular complexity index is 584. The van der Waals surface area contributed by atoms with E-state index in [1.165, 1.54) is 11.1 Å². The van der Waals surface area contributed by atoms with Gasteiger partial charge < -0.3 is 10.1 Å². The molecule has 0 aliphatic rings. The van der Waals surface area contributed by atoms with Gasteiger partial charge in [-0.3, -0.25) is 0 Å². The maximum absolute atomic E-state index is 5.02. The molecule has 1 aromatic heterocycles. The first-order valence-electron chi connectivity index (χ1n) is 7.26. The third-order valence-electron chi connectivity index (χ3n) is 3.35. The van der Waals surface area contributed by atoms with Crippen molar-refractivity contribution < 1.29 is 4.74 Å². The highest BCUT2D eigenvalue weighted by atomic mass is 16.5. The largest absolute Gasteiger partial charge is 0.383 e. The molecule has 0 aliphatic carbocycles. The van der Waals surface area contributed by atoms with Crippen LogP contribution in [-0.2, 0) is 17.7 Å². The van der Waals surface area contributed by atoms with E-state index in [4.69, 9.17) is 4.74 Å². The molecule has 0 spiro atoms. The highest BCUT2D eigenvalue weighted by Crippen LogP contribution is 2.12. The topological polar surface area (TPSA) is 47.0 Å². The molecule has 112 valence electrons. The van der Waals surface area contributed by atoms with E-state index >= 15 is 0 Å². The van der Waals surface area contributed by atoms with Crippen LogP contribution < -0.4 is 5.32 Å². The molecule has 0 radical (unpaired) electrons. The van der Waals surface area contributed by atoms with Crippen molar-refractivity contribution in [1.29, 1.82) is 0 Å². The first kappa shape index (κ1) is 15.6. The Morgan fingerprint density at radius 3 is 2.71 bits per heavy atom. The molecule has 4 nitrogen and oxygen atoms in total. The zero-order valence-electron chi connectivity index (χ0n) is 13.0. The van der Waals surface area contributed by atoms with E-state index in [-0.39, 0.29) is 0 Å². The van der Waals surface area contributed by atoms with E-state index in [1.54, 1.807) is 7.11 Å². The number of aryl methyl sites for hydroxylation is 2. The van der Waals surface area contributed by atoms with Gasteiger partial charge in [0.25, 0.3) is 0 Å². The summed E-state index contributed by atoms with van der Waals surface area (Å²) in [4.78, 5) is 9.20. The van der Waals surface area contributed by atoms with E-state index in [0.717, 1.165) is 36.7 Å². The van der Waals surface area contributed by atoms with Gasteiger partial charge in [0.1, 0.15) is 5.82 Å². The molecule has 21 heavy (non-hydrogen) atoms. The van der Waals surface area contributed by atoms with Gasteiger partial charge >= 0.3 is 0 Å². The van der Waals surface area contributed by atoms with Crippen molar-refractivity contribution in [3.63, 3.8) is 0 Å². The van der Waals surface area contributed by atoms with Crippen LogP contribution in [0.3, 0.4) is 0 Å². The average Bonchev–Trinajstić information content (AvgIpc) is 2.46. The Labute approximate surface area is 126 Å². The second kappa shape index (κ2) is 7.86. The lowest BCUT2D eigenvalue weighted by Crippen LogP contribution is -2.20. The number of benzene rings is 1. The fourth-order valence-corrected chi connectivity index (χ4v) is 2.24. The molecule has 0 atom stereocenters. The summed E-state index contributed by atoms with van der Waals surface area (Å²) in [6, 6.07) is 10.4. The molecule has 0 fully saturated rings. The average molecular weight is 285 g/mol. The van der Waals surface area contributed by atoms with Gasteiger partial charge in [-0.15, -0.1) is 0 Å². The Morgan fingerprint density at radius 2 is 1.95 bits per heavy atom. The highest BCUT2D eigenvalue weighted by molar-refractivity contribution is 5.28. The minimum Gasteiger partial charge on any atom is -0.383 e. The van der Waals surface area contributed by atoms with Gasteiger partial charge in [-0.2, -0.15) is 0 Å². The lowest BCUT2D eigenvalue weighted by atomic mass is 10.1. The van der Waals surface area contributed by atoms with Crippen LogP contribution in [0.1, 0.15) is 28.3 Å². The van der Waals surface area contributed by atoms with E-state index in [1.807, 2.05) is 13.0 Å². The third-order valence-corrected chi connectivity index (χ3v) is 3.35. The van der Waals surface area contributed by atoms with Gasteiger partial charge in [0.15, 0.2) is 0 Å². The van der Waals surface area contributed by atoms with E-state index in [2.05, 4.69) is 46.5 Å². The van der Waals surface area contributed by atoms with Crippen LogP contribution in [0.25, 0.3) is 0 Å². The van der Waals surface area contributed by atoms with Crippen molar-refractivity contribution in [3.8, 4) is 0 Å². The summed E-state index contributed by atoms with van der Waals surface area (Å²) in [7, 11) is 1.71. The van der Waals surface area contributed by atoms with Crippen LogP contribution in [0.15, 0.2) is 30.3 Å². The van der Waals surface area contributed by atoms with Gasteiger partial charge in [0, 0.05) is 32.3 Å². The van der Waals surface area contributed by atoms with Crippen LogP contribution in [0, 0.1) is 13.8 Å². The van der Waals surface area contributed by atoms with Crippen LogP contribution in [0.4, 0.5) is 0 Å². The summed E-state index contributed by atoms with van der Waals surface area (Å²) >= 11 is 0. The third kappa shape index (κ3) is 4.92. The number of ether oxygens (including phenoxy) is 1. The Hall–Kier alpha value is -1.78. The first-order chi connectivity index (χ1) is 10.2. The predicted octanol–water partition coefficient (Wildman–Crippen LogP) is 2.42. The molecule has 0 aliphatic heterocycles. The summed E-state index contributed by atoms with van der Waals surface area (Å²) in [5, 5.41) is 3.32. The molecule has 0 bridgehead atoms. The minimum atomic E-state index is 0.708. The molecular weight excluding hydrogens is 262 g/mol. The number of aromatic nitrogens is 2. The first-order valence-corrected chi connectivity index (χ1v) is 7.26. The molecule has 0 amide bonds. The number of hydrogen-bond acceptors (Lipinski definition) is 4. The van der Waals surface area contributed by atoms with Crippen LogP contribution >= 0.6 is 0 Å². The predicted molar refractivity (Wildman–Crippen MR) is 84.3 cm³/mol. The molecule has 1 aromatic carbocycles. The molecule has 1 N–H and O–H groups in total. The standard InChI is InChI=1S/C17H23N3O/c1-13-6-4-5-7-15(13)11-17-19-14(2)10-16(20-17)12-18-8-9-21-3/h4-7,10,18H,8-9,11-12H2,1-3H3. The highest BCUT2D eigenvalue weighted by Gasteiger charge is 2.05. The molecule has 2 rings (SSSR count). The monoisotopic (exact) mass is 285 g/mol. The second-order valence-corrected chi connectivity index (χ2v) is 5.19. The number of nitrogens with zero attached hydrogens (tertiary/aromatic N) is 2. The summed E-state index contributed by atoms with van der Waals surface area (Å²) in [5.41, 5.74) is 4.60. The van der Waals surface area contributed by atoms with Crippen LogP contribution in [0.5, 0.6) is 0 Å². The molecular formula is C17H23N3O. The Morgan fingerprint density at radius 1 is 1.14 bits per heavy atom. The van der Waals surface area contributed by atoms with Crippen molar-refractivity contribution in [2.45, 2.75) is 26.8 Å². The van der Waals surface area contributed by atoms with Crippen LogP contribution in [-0.4, -0.2) is 30.2 Å². The lowest BCUT2D eigenvalue weighted by molar-refractivity contribution is 0.199. The van der Waals surface area contributed by atoms with E-state index < -0.39 is 0 Å². The molecule has 2 aromatic rings. The number of rotatable bonds is 7. The molecule has 4 heteroatoms. The van der Waals surface area contributed by atoms with Crippen molar-refractivity contribution in [3.05, 3.63) is 58.7 Å². The number of hydrogen-bond donors (Lipinski definition) is 1. The van der Waals surface area contributed by atoms with Gasteiger partial charge in [-0.05, 0) is 31.0 Å². The molecule has 1 heterocycles. The zero-order valence-corrected chi connectivity index (χ0v) is 13.0. The summed E-state index contributed by atoms with van der Waals surface area (Å²) in [5.74, 6) is 0.882. The summed E-state index contributed by atoms with van der Waals surface area (Å²) < 4.78 is 5.02. The second-order valence-electron chi connectivity index (χ2n) is 5.19. The van der Waals surface area contributed by atoms with Crippen molar-refractivity contribution >= 4 is 0 Å². The Kier molecular flexibility index (Phi) is 5.84. The fourth-order valence-electron chi connectivity index (χ4n) is 2.24. The quantitative estimate of drug-likeness (QED) is 0.794. The van der Waals surface area contributed by atoms with Crippen LogP contribution in [0.2, 0.25) is 0 Å². The van der Waals surface area contributed by atoms with E-state index in [0.29, 0.717) is 6.61 Å². The van der Waals surface area contributed by atoms with E-state index in [9.17, 15) is 0 Å². The lowest BCUT2D eigenvalue weighted by Gasteiger charge is -2.09. The SMILES string of the molecule is COCCNCc1cc(C)nc(Cc2ccccc2C)n1. The van der Waals surface area contributed by atoms with Gasteiger partial charge in [-0.25, -0.2) is 9.97 Å². The number of nitrogens with one attached hydrogen (secondary N) is 1. The maximum Gasteiger partial charge on any atom is 0.133 e. The molecule has 0 saturated heterocycles. The minimum absolute atomic E-state index is 0.708. The van der Waals surface area contributed by atoms with Crippen molar-refractivity contribution in [2.24, 2.45) is 0 Å². The summed E-state index contributed by atoms with van der Waals surface area (Å²) in [6.07, 6.45) is 0.777.